The summed E-state index contributed by atoms with van der Waals surface area (Å²) in [7, 11) is 0. The summed E-state index contributed by atoms with van der Waals surface area (Å²) in [5.74, 6) is -0.0527. The number of rotatable bonds is 9. The van der Waals surface area contributed by atoms with Crippen molar-refractivity contribution in [2.45, 2.75) is 210 Å². The summed E-state index contributed by atoms with van der Waals surface area (Å²) in [5.41, 5.74) is -2.02. The highest BCUT2D eigenvalue weighted by Crippen LogP contribution is 2.76. The third-order valence-corrected chi connectivity index (χ3v) is 18.1. The van der Waals surface area contributed by atoms with Gasteiger partial charge in [0.2, 0.25) is 0 Å². The van der Waals surface area contributed by atoms with Crippen LogP contribution in [-0.4, -0.2) is 169 Å². The van der Waals surface area contributed by atoms with Gasteiger partial charge in [-0.1, -0.05) is 39.3 Å². The van der Waals surface area contributed by atoms with E-state index in [0.717, 1.165) is 44.1 Å². The first-order valence-electron chi connectivity index (χ1n) is 23.3. The zero-order valence-corrected chi connectivity index (χ0v) is 37.8. The monoisotopic (exact) mass is 898 g/mol. The minimum absolute atomic E-state index is 0.0544. The molecule has 0 aromatic carbocycles. The topological polar surface area (TPSA) is 264 Å². The Morgan fingerprint density at radius 2 is 1.29 bits per heavy atom. The number of carbonyl (C=O) groups is 1. The number of hydrogen-bond donors (Lipinski definition) is 9. The first-order chi connectivity index (χ1) is 29.5. The highest BCUT2D eigenvalue weighted by molar-refractivity contribution is 5.62. The molecule has 24 atom stereocenters. The van der Waals surface area contributed by atoms with E-state index >= 15 is 0 Å². The van der Waals surface area contributed by atoms with E-state index in [1.165, 1.54) is 13.2 Å². The van der Waals surface area contributed by atoms with Gasteiger partial charge in [0, 0.05) is 11.8 Å². The van der Waals surface area contributed by atoms with Crippen LogP contribution in [0.25, 0.3) is 0 Å². The van der Waals surface area contributed by atoms with Gasteiger partial charge in [-0.15, -0.1) is 0 Å². The van der Waals surface area contributed by atoms with Crippen LogP contribution in [0.5, 0.6) is 0 Å². The molecule has 11 unspecified atom stereocenters. The maximum absolute atomic E-state index is 13.9. The van der Waals surface area contributed by atoms with Gasteiger partial charge in [0.15, 0.2) is 25.2 Å². The van der Waals surface area contributed by atoms with Crippen LogP contribution in [0, 0.1) is 45.3 Å². The molecule has 4 aliphatic heterocycles. The minimum atomic E-state index is -1.73. The number of aliphatic hydroxyl groups is 9. The van der Waals surface area contributed by atoms with Crippen LogP contribution in [0.2, 0.25) is 0 Å². The third-order valence-electron chi connectivity index (χ3n) is 18.1. The molecular formula is C46H74O17. The predicted molar refractivity (Wildman–Crippen MR) is 220 cm³/mol. The summed E-state index contributed by atoms with van der Waals surface area (Å²) in [6.07, 6.45) is -11.7. The SMILES string of the molecule is CC(C)=CC1CC(O)(C2CCC3(C)C2CCC2C4(C=O)CCC(O[C@H]5OC[C@H](O)[C@@H](O[C@H]6OC[C@H](O)[C@@H](O)[C@@H]6O)[C@@H]5O[C@H]5O[C@@H](C)[C@H](O)[C@@H](O)[C@@H]5O)C(C)(C)C4CCC23C)C(O)O1. The fourth-order valence-corrected chi connectivity index (χ4v) is 14.5. The predicted octanol–water partition coefficient (Wildman–Crippen LogP) is 0.794. The Kier molecular flexibility index (Phi) is 13.3. The van der Waals surface area contributed by atoms with Gasteiger partial charge in [0.1, 0.15) is 66.8 Å². The molecule has 8 aliphatic rings. The number of fused-ring (bicyclic) bond motifs is 5. The molecule has 8 rings (SSSR count). The highest BCUT2D eigenvalue weighted by Gasteiger charge is 2.72. The molecule has 63 heavy (non-hydrogen) atoms. The largest absolute Gasteiger partial charge is 0.388 e. The van der Waals surface area contributed by atoms with Crippen molar-refractivity contribution in [2.24, 2.45) is 45.3 Å². The van der Waals surface area contributed by atoms with E-state index in [-0.39, 0.29) is 53.8 Å². The Morgan fingerprint density at radius 1 is 0.635 bits per heavy atom. The van der Waals surface area contributed by atoms with Gasteiger partial charge in [0.05, 0.1) is 31.5 Å². The van der Waals surface area contributed by atoms with Crippen LogP contribution >= 0.6 is 0 Å². The van der Waals surface area contributed by atoms with Gasteiger partial charge < -0.3 is 83.9 Å². The lowest BCUT2D eigenvalue weighted by molar-refractivity contribution is -0.383. The van der Waals surface area contributed by atoms with Gasteiger partial charge >= 0.3 is 0 Å². The average molecular weight is 899 g/mol. The summed E-state index contributed by atoms with van der Waals surface area (Å²) in [4.78, 5) is 13.9. The van der Waals surface area contributed by atoms with Gasteiger partial charge in [-0.25, -0.2) is 0 Å². The molecule has 9 N–H and O–H groups in total. The Balaban J connectivity index is 1.04. The zero-order valence-electron chi connectivity index (χ0n) is 37.8. The smallest absolute Gasteiger partial charge is 0.187 e. The molecule has 8 fully saturated rings. The van der Waals surface area contributed by atoms with E-state index < -0.39 is 109 Å². The van der Waals surface area contributed by atoms with E-state index in [1.807, 2.05) is 19.9 Å². The number of aliphatic hydroxyl groups excluding tert-OH is 8. The molecule has 360 valence electrons. The number of carbonyl (C=O) groups excluding carboxylic acids is 1. The maximum Gasteiger partial charge on any atom is 0.187 e. The Hall–Kier alpha value is -1.23. The lowest BCUT2D eigenvalue weighted by Gasteiger charge is -2.69. The van der Waals surface area contributed by atoms with E-state index in [1.54, 1.807) is 0 Å². The van der Waals surface area contributed by atoms with Crippen LogP contribution in [-0.2, 0) is 38.0 Å². The number of hydrogen-bond acceptors (Lipinski definition) is 17. The molecule has 4 saturated heterocycles. The summed E-state index contributed by atoms with van der Waals surface area (Å²) in [5, 5.41) is 98.1. The minimum Gasteiger partial charge on any atom is -0.388 e. The summed E-state index contributed by atoms with van der Waals surface area (Å²) < 4.78 is 42.7. The molecule has 4 heterocycles. The summed E-state index contributed by atoms with van der Waals surface area (Å²) in [6, 6.07) is 0. The number of allylic oxidation sites excluding steroid dienone is 1. The maximum atomic E-state index is 13.9. The second-order valence-corrected chi connectivity index (χ2v) is 21.9. The van der Waals surface area contributed by atoms with Gasteiger partial charge in [-0.2, -0.15) is 0 Å². The van der Waals surface area contributed by atoms with Crippen molar-refractivity contribution in [1.82, 2.24) is 0 Å². The van der Waals surface area contributed by atoms with Crippen molar-refractivity contribution in [3.05, 3.63) is 11.6 Å². The van der Waals surface area contributed by atoms with Crippen LogP contribution < -0.4 is 0 Å². The van der Waals surface area contributed by atoms with Crippen molar-refractivity contribution in [3.63, 3.8) is 0 Å². The Bertz CT molecular complexity index is 1680. The van der Waals surface area contributed by atoms with Crippen molar-refractivity contribution < 1.29 is 83.9 Å². The molecule has 4 saturated carbocycles. The third kappa shape index (κ3) is 7.73. The van der Waals surface area contributed by atoms with Crippen molar-refractivity contribution in [3.8, 4) is 0 Å². The first-order valence-corrected chi connectivity index (χ1v) is 23.3. The van der Waals surface area contributed by atoms with Gasteiger partial charge in [-0.05, 0) is 112 Å². The molecule has 0 aromatic rings. The van der Waals surface area contributed by atoms with Crippen molar-refractivity contribution in [2.75, 3.05) is 13.2 Å². The van der Waals surface area contributed by atoms with Crippen molar-refractivity contribution >= 4 is 6.29 Å². The molecule has 0 spiro atoms. The van der Waals surface area contributed by atoms with Gasteiger partial charge in [-0.3, -0.25) is 0 Å². The fourth-order valence-electron chi connectivity index (χ4n) is 14.5. The Morgan fingerprint density at radius 3 is 1.98 bits per heavy atom. The second-order valence-electron chi connectivity index (χ2n) is 21.9. The lowest BCUT2D eigenvalue weighted by atomic mass is 9.35. The highest BCUT2D eigenvalue weighted by atomic mass is 16.8. The van der Waals surface area contributed by atoms with Gasteiger partial charge in [0.25, 0.3) is 0 Å². The quantitative estimate of drug-likeness (QED) is 0.0881. The standard InChI is InChI=1S/C46H74O17/c1-21(2)16-23-17-46(56,41(55)60-23)25-10-13-43(6)24(25)8-9-29-44(43,7)14-11-28-42(4,5)30(12-15-45(28,29)20-47)61-40-37(63-39-35(54)33(52)31(50)22(3)59-39)36(27(49)19-58-40)62-38-34(53)32(51)26(48)18-57-38/h16,20,22-41,48-56H,8-15,17-19H2,1-7H3/t22-,23?,24?,25?,26-,27-,28?,29?,30?,31-,32+,33+,34-,35-,36+,37-,38+,39+,40+,41?,43?,44?,45?,46?/m0/s1. The van der Waals surface area contributed by atoms with E-state index in [4.69, 9.17) is 33.2 Å². The van der Waals surface area contributed by atoms with Crippen LogP contribution in [0.1, 0.15) is 106 Å². The van der Waals surface area contributed by atoms with Crippen molar-refractivity contribution in [1.29, 1.82) is 0 Å². The molecule has 17 nitrogen and oxygen atoms in total. The first kappa shape index (κ1) is 48.2. The molecule has 0 radical (unpaired) electrons. The normalized spacial score (nSPS) is 55.6. The molecule has 0 aromatic heterocycles. The van der Waals surface area contributed by atoms with Crippen LogP contribution in [0.4, 0.5) is 0 Å². The lowest BCUT2D eigenvalue weighted by Crippen LogP contribution is -2.67. The molecule has 0 bridgehead atoms. The van der Waals surface area contributed by atoms with E-state index in [9.17, 15) is 50.8 Å². The molecule has 0 amide bonds. The molecule has 17 heteroatoms. The summed E-state index contributed by atoms with van der Waals surface area (Å²) in [6.45, 7) is 13.7. The average Bonchev–Trinajstić information content (AvgIpc) is 3.73. The molecule has 4 aliphatic carbocycles. The number of ether oxygens (including phenoxy) is 7. The summed E-state index contributed by atoms with van der Waals surface area (Å²) >= 11 is 0. The van der Waals surface area contributed by atoms with Crippen LogP contribution in [0.15, 0.2) is 11.6 Å². The number of aldehydes is 1. The fraction of sp³-hybridized carbons (Fsp3) is 0.935. The Labute approximate surface area is 370 Å². The van der Waals surface area contributed by atoms with E-state index in [0.29, 0.717) is 19.3 Å². The molecular weight excluding hydrogens is 824 g/mol. The van der Waals surface area contributed by atoms with E-state index in [2.05, 4.69) is 27.7 Å². The zero-order chi connectivity index (χ0) is 45.8. The second kappa shape index (κ2) is 17.4. The van der Waals surface area contributed by atoms with Crippen LogP contribution in [0.3, 0.4) is 0 Å².